The van der Waals surface area contributed by atoms with Crippen LogP contribution in [0.4, 0.5) is 8.78 Å². The number of hydrogen-bond donors (Lipinski definition) is 0. The summed E-state index contributed by atoms with van der Waals surface area (Å²) in [6.07, 6.45) is 5.02. The topological polar surface area (TPSA) is 12.9 Å². The number of aromatic nitrogens is 1. The molecule has 1 aromatic heterocycles. The molecule has 19 heavy (non-hydrogen) atoms. The zero-order valence-corrected chi connectivity index (χ0v) is 11.6. The molecule has 102 valence electrons. The van der Waals surface area contributed by atoms with E-state index in [1.807, 2.05) is 19.9 Å². The summed E-state index contributed by atoms with van der Waals surface area (Å²) in [6, 6.07) is 3.52. The molecule has 0 aliphatic heterocycles. The maximum Gasteiger partial charge on any atom is 0.125 e. The molecule has 1 rings (SSSR count). The van der Waals surface area contributed by atoms with Gasteiger partial charge < -0.3 is 0 Å². The Morgan fingerprint density at radius 2 is 2.05 bits per heavy atom. The zero-order chi connectivity index (χ0) is 14.4. The second kappa shape index (κ2) is 6.98. The Hall–Kier alpha value is -1.77. The minimum Gasteiger partial charge on any atom is -0.256 e. The highest BCUT2D eigenvalue weighted by molar-refractivity contribution is 5.75. The van der Waals surface area contributed by atoms with E-state index in [9.17, 15) is 8.78 Å². The summed E-state index contributed by atoms with van der Waals surface area (Å²) >= 11 is 0. The van der Waals surface area contributed by atoms with E-state index in [0.29, 0.717) is 12.1 Å². The lowest BCUT2D eigenvalue weighted by atomic mass is 10.1. The van der Waals surface area contributed by atoms with Gasteiger partial charge >= 0.3 is 0 Å². The molecule has 0 radical (unpaired) electrons. The van der Waals surface area contributed by atoms with E-state index in [-0.39, 0.29) is 17.3 Å². The van der Waals surface area contributed by atoms with E-state index in [1.54, 1.807) is 19.2 Å². The third-order valence-electron chi connectivity index (χ3n) is 2.97. The molecule has 1 nitrogen and oxygen atoms in total. The molecular formula is C16H19F2N. The van der Waals surface area contributed by atoms with Crippen LogP contribution in [0, 0.1) is 12.8 Å². The Labute approximate surface area is 113 Å². The van der Waals surface area contributed by atoms with Gasteiger partial charge in [-0.25, -0.2) is 8.78 Å². The van der Waals surface area contributed by atoms with Crippen molar-refractivity contribution in [1.29, 1.82) is 0 Å². The van der Waals surface area contributed by atoms with Gasteiger partial charge in [-0.2, -0.15) is 0 Å². The van der Waals surface area contributed by atoms with Gasteiger partial charge in [-0.1, -0.05) is 26.5 Å². The molecule has 3 heteroatoms. The number of aryl methyl sites for hydroxylation is 1. The Kier molecular flexibility index (Phi) is 5.61. The summed E-state index contributed by atoms with van der Waals surface area (Å²) in [7, 11) is 0. The average Bonchev–Trinajstić information content (AvgIpc) is 2.39. The molecular weight excluding hydrogens is 244 g/mol. The van der Waals surface area contributed by atoms with E-state index in [2.05, 4.69) is 11.6 Å². The van der Waals surface area contributed by atoms with Crippen LogP contribution in [0.2, 0.25) is 0 Å². The van der Waals surface area contributed by atoms with Crippen molar-refractivity contribution >= 4 is 5.57 Å². The van der Waals surface area contributed by atoms with Crippen molar-refractivity contribution in [3.05, 3.63) is 60.0 Å². The minimum atomic E-state index is -0.621. The number of allylic oxidation sites excluding steroid dienone is 5. The van der Waals surface area contributed by atoms with Gasteiger partial charge in [0.1, 0.15) is 11.7 Å². The lowest BCUT2D eigenvalue weighted by Gasteiger charge is -2.05. The molecule has 0 amide bonds. The van der Waals surface area contributed by atoms with Crippen molar-refractivity contribution in [2.75, 3.05) is 0 Å². The molecule has 0 aliphatic carbocycles. The molecule has 0 fully saturated rings. The molecule has 0 bridgehead atoms. The molecule has 0 saturated heterocycles. The Balaban J connectivity index is 3.08. The van der Waals surface area contributed by atoms with Crippen LogP contribution in [-0.2, 0) is 0 Å². The summed E-state index contributed by atoms with van der Waals surface area (Å²) < 4.78 is 27.1. The first-order chi connectivity index (χ1) is 8.95. The highest BCUT2D eigenvalue weighted by Gasteiger charge is 2.08. The first-order valence-electron chi connectivity index (χ1n) is 6.30. The predicted octanol–water partition coefficient (Wildman–Crippen LogP) is 5.16. The maximum absolute atomic E-state index is 13.6. The van der Waals surface area contributed by atoms with Crippen LogP contribution in [0.1, 0.15) is 31.5 Å². The maximum atomic E-state index is 13.6. The van der Waals surface area contributed by atoms with Gasteiger partial charge in [0.25, 0.3) is 0 Å². The summed E-state index contributed by atoms with van der Waals surface area (Å²) in [6.45, 7) is 8.85. The molecule has 1 aromatic rings. The molecule has 1 atom stereocenters. The Bertz CT molecular complexity index is 498. The van der Waals surface area contributed by atoms with Gasteiger partial charge in [0.15, 0.2) is 0 Å². The molecule has 0 N–H and O–H groups in total. The van der Waals surface area contributed by atoms with E-state index in [1.165, 1.54) is 12.2 Å². The van der Waals surface area contributed by atoms with Gasteiger partial charge in [-0.05, 0) is 37.1 Å². The van der Waals surface area contributed by atoms with Gasteiger partial charge in [0, 0.05) is 17.7 Å². The van der Waals surface area contributed by atoms with Crippen LogP contribution in [-0.4, -0.2) is 4.98 Å². The summed E-state index contributed by atoms with van der Waals surface area (Å²) in [5.74, 6) is -1.06. The fraction of sp³-hybridized carbons (Fsp3) is 0.312. The molecule has 0 aromatic carbocycles. The SMILES string of the molecule is C=C(F)/C(=C\C=C(\F)[C@H](C)CC)c1ccc(C)cn1. The van der Waals surface area contributed by atoms with Crippen molar-refractivity contribution in [3.8, 4) is 0 Å². The standard InChI is InChI=1S/C16H19F2N/c1-5-12(3)15(18)8-7-14(13(4)17)16-9-6-11(2)10-19-16/h6-10,12H,4-5H2,1-3H3/b14-7+,15-8+/t12-/m1/s1. The average molecular weight is 263 g/mol. The third kappa shape index (κ3) is 4.43. The van der Waals surface area contributed by atoms with Crippen LogP contribution in [0.25, 0.3) is 5.57 Å². The largest absolute Gasteiger partial charge is 0.256 e. The molecule has 0 spiro atoms. The van der Waals surface area contributed by atoms with E-state index >= 15 is 0 Å². The lowest BCUT2D eigenvalue weighted by Crippen LogP contribution is -1.93. The van der Waals surface area contributed by atoms with Crippen molar-refractivity contribution in [2.45, 2.75) is 27.2 Å². The normalized spacial score (nSPS) is 14.4. The van der Waals surface area contributed by atoms with Gasteiger partial charge in [0.05, 0.1) is 5.69 Å². The Morgan fingerprint density at radius 3 is 2.53 bits per heavy atom. The van der Waals surface area contributed by atoms with Gasteiger partial charge in [-0.3, -0.25) is 4.98 Å². The van der Waals surface area contributed by atoms with Crippen LogP contribution in [0.5, 0.6) is 0 Å². The van der Waals surface area contributed by atoms with Crippen molar-refractivity contribution in [1.82, 2.24) is 4.98 Å². The van der Waals surface area contributed by atoms with Gasteiger partial charge in [-0.15, -0.1) is 0 Å². The fourth-order valence-electron chi connectivity index (χ4n) is 1.46. The highest BCUT2D eigenvalue weighted by Crippen LogP contribution is 2.23. The van der Waals surface area contributed by atoms with Crippen LogP contribution < -0.4 is 0 Å². The van der Waals surface area contributed by atoms with Crippen LogP contribution >= 0.6 is 0 Å². The minimum absolute atomic E-state index is 0.170. The summed E-state index contributed by atoms with van der Waals surface area (Å²) in [5.41, 5.74) is 1.64. The van der Waals surface area contributed by atoms with Crippen molar-refractivity contribution in [2.24, 2.45) is 5.92 Å². The number of nitrogens with zero attached hydrogens (tertiary/aromatic N) is 1. The lowest BCUT2D eigenvalue weighted by molar-refractivity contribution is 0.483. The van der Waals surface area contributed by atoms with E-state index < -0.39 is 5.83 Å². The molecule has 1 heterocycles. The van der Waals surface area contributed by atoms with Crippen LogP contribution in [0.15, 0.2) is 48.7 Å². The summed E-state index contributed by atoms with van der Waals surface area (Å²) in [4.78, 5) is 4.12. The second-order valence-electron chi connectivity index (χ2n) is 4.57. The number of pyridine rings is 1. The zero-order valence-electron chi connectivity index (χ0n) is 11.6. The second-order valence-corrected chi connectivity index (χ2v) is 4.57. The van der Waals surface area contributed by atoms with Crippen LogP contribution in [0.3, 0.4) is 0 Å². The molecule has 0 saturated carbocycles. The smallest absolute Gasteiger partial charge is 0.125 e. The summed E-state index contributed by atoms with van der Waals surface area (Å²) in [5, 5.41) is 0. The van der Waals surface area contributed by atoms with E-state index in [0.717, 1.165) is 5.56 Å². The first-order valence-corrected chi connectivity index (χ1v) is 6.30. The number of rotatable bonds is 5. The highest BCUT2D eigenvalue weighted by atomic mass is 19.1. The third-order valence-corrected chi connectivity index (χ3v) is 2.97. The van der Waals surface area contributed by atoms with Crippen molar-refractivity contribution in [3.63, 3.8) is 0 Å². The van der Waals surface area contributed by atoms with E-state index in [4.69, 9.17) is 0 Å². The van der Waals surface area contributed by atoms with Gasteiger partial charge in [0.2, 0.25) is 0 Å². The molecule has 0 unspecified atom stereocenters. The quantitative estimate of drug-likeness (QED) is 0.669. The Morgan fingerprint density at radius 1 is 1.37 bits per heavy atom. The fourth-order valence-corrected chi connectivity index (χ4v) is 1.46. The molecule has 0 aliphatic rings. The predicted molar refractivity (Wildman–Crippen MR) is 75.8 cm³/mol. The first kappa shape index (κ1) is 15.3. The number of hydrogen-bond acceptors (Lipinski definition) is 1. The van der Waals surface area contributed by atoms with Crippen molar-refractivity contribution < 1.29 is 8.78 Å². The number of halogens is 2. The monoisotopic (exact) mass is 263 g/mol.